The quantitative estimate of drug-likeness (QED) is 0.780. The maximum absolute atomic E-state index is 13.9. The summed E-state index contributed by atoms with van der Waals surface area (Å²) in [5, 5.41) is 4.28. The largest absolute Gasteiger partial charge is 0.491 e. The maximum Gasteiger partial charge on any atom is 0.267 e. The van der Waals surface area contributed by atoms with Crippen molar-refractivity contribution in [2.45, 2.75) is 37.6 Å². The van der Waals surface area contributed by atoms with Gasteiger partial charge in [0.2, 0.25) is 10.0 Å². The van der Waals surface area contributed by atoms with Crippen LogP contribution in [-0.4, -0.2) is 31.3 Å². The van der Waals surface area contributed by atoms with Gasteiger partial charge < -0.3 is 4.74 Å². The topological polar surface area (TPSA) is 90.3 Å². The minimum atomic E-state index is -3.90. The first-order valence-corrected chi connectivity index (χ1v) is 9.91. The maximum atomic E-state index is 13.9. The lowest BCUT2D eigenvalue weighted by Crippen LogP contribution is -2.32. The van der Waals surface area contributed by atoms with Gasteiger partial charge in [-0.2, -0.15) is 5.10 Å². The van der Waals surface area contributed by atoms with Crippen LogP contribution in [0.15, 0.2) is 34.0 Å². The Morgan fingerprint density at radius 2 is 2.12 bits per heavy atom. The van der Waals surface area contributed by atoms with E-state index in [2.05, 4.69) is 9.82 Å². The van der Waals surface area contributed by atoms with E-state index in [-0.39, 0.29) is 35.9 Å². The van der Waals surface area contributed by atoms with E-state index in [9.17, 15) is 17.6 Å². The van der Waals surface area contributed by atoms with Gasteiger partial charge in [-0.1, -0.05) is 0 Å². The summed E-state index contributed by atoms with van der Waals surface area (Å²) in [4.78, 5) is 11.8. The zero-order valence-corrected chi connectivity index (χ0v) is 15.2. The highest BCUT2D eigenvalue weighted by Crippen LogP contribution is 2.21. The molecule has 140 valence electrons. The Bertz CT molecular complexity index is 972. The molecule has 26 heavy (non-hydrogen) atoms. The molecule has 1 aromatic carbocycles. The van der Waals surface area contributed by atoms with Gasteiger partial charge in [0.05, 0.1) is 23.7 Å². The van der Waals surface area contributed by atoms with Gasteiger partial charge in [0.25, 0.3) is 5.56 Å². The average Bonchev–Trinajstić information content (AvgIpc) is 3.04. The van der Waals surface area contributed by atoms with Gasteiger partial charge in [-0.3, -0.25) is 4.79 Å². The lowest BCUT2D eigenvalue weighted by Gasteiger charge is -2.10. The number of aromatic nitrogens is 2. The van der Waals surface area contributed by atoms with Gasteiger partial charge in [0, 0.05) is 12.6 Å². The third kappa shape index (κ3) is 3.94. The van der Waals surface area contributed by atoms with Gasteiger partial charge in [0.1, 0.15) is 0 Å². The van der Waals surface area contributed by atoms with Crippen LogP contribution in [0.5, 0.6) is 5.75 Å². The van der Waals surface area contributed by atoms with Crippen LogP contribution >= 0.6 is 0 Å². The van der Waals surface area contributed by atoms with Crippen molar-refractivity contribution < 1.29 is 17.5 Å². The lowest BCUT2D eigenvalue weighted by atomic mass is 10.2. The Labute approximate surface area is 150 Å². The molecule has 0 radical (unpaired) electrons. The van der Waals surface area contributed by atoms with E-state index in [0.29, 0.717) is 0 Å². The molecule has 1 heterocycles. The summed E-state index contributed by atoms with van der Waals surface area (Å²) in [5.41, 5.74) is 1.61. The summed E-state index contributed by atoms with van der Waals surface area (Å²) in [6, 6.07) is 5.02. The number of fused-ring (bicyclic) bond motifs is 1. The van der Waals surface area contributed by atoms with Gasteiger partial charge >= 0.3 is 0 Å². The Hall–Kier alpha value is -2.26. The van der Waals surface area contributed by atoms with E-state index >= 15 is 0 Å². The van der Waals surface area contributed by atoms with Crippen LogP contribution in [0.25, 0.3) is 0 Å². The highest BCUT2D eigenvalue weighted by Gasteiger charge is 2.18. The van der Waals surface area contributed by atoms with Gasteiger partial charge in [-0.25, -0.2) is 22.2 Å². The van der Waals surface area contributed by atoms with E-state index in [1.54, 1.807) is 13.0 Å². The predicted octanol–water partition coefficient (Wildman–Crippen LogP) is 1.25. The molecule has 0 unspecified atom stereocenters. The zero-order chi connectivity index (χ0) is 18.7. The van der Waals surface area contributed by atoms with Crippen LogP contribution in [0.3, 0.4) is 0 Å². The molecule has 0 fully saturated rings. The van der Waals surface area contributed by atoms with Crippen molar-refractivity contribution in [2.75, 3.05) is 13.2 Å². The highest BCUT2D eigenvalue weighted by atomic mass is 32.2. The normalized spacial score (nSPS) is 13.6. The monoisotopic (exact) mass is 381 g/mol. The van der Waals surface area contributed by atoms with Crippen LogP contribution < -0.4 is 15.0 Å². The Kier molecular flexibility index (Phi) is 5.38. The van der Waals surface area contributed by atoms with Gasteiger partial charge in [-0.05, 0) is 49.9 Å². The van der Waals surface area contributed by atoms with E-state index < -0.39 is 15.8 Å². The molecule has 0 saturated carbocycles. The van der Waals surface area contributed by atoms with E-state index in [1.807, 2.05) is 0 Å². The van der Waals surface area contributed by atoms with E-state index in [1.165, 1.54) is 16.8 Å². The predicted molar refractivity (Wildman–Crippen MR) is 93.3 cm³/mol. The second kappa shape index (κ2) is 7.55. The molecule has 1 aliphatic rings. The second-order valence-corrected chi connectivity index (χ2v) is 7.72. The number of hydrogen-bond donors (Lipinski definition) is 1. The summed E-state index contributed by atoms with van der Waals surface area (Å²) < 4.78 is 47.1. The number of ether oxygens (including phenoxy) is 1. The van der Waals surface area contributed by atoms with Gasteiger partial charge in [0.15, 0.2) is 11.6 Å². The molecule has 1 N–H and O–H groups in total. The van der Waals surface area contributed by atoms with Gasteiger partial charge in [-0.15, -0.1) is 0 Å². The minimum absolute atomic E-state index is 0.000318. The molecule has 0 bridgehead atoms. The standard InChI is InChI=1S/C17H20FN3O4S/c1-2-25-16-7-6-13(11-14(16)18)26(23,24)19-8-9-21-17(22)10-12-4-3-5-15(12)20-21/h6-7,10-11,19H,2-5,8-9H2,1H3. The third-order valence-corrected chi connectivity index (χ3v) is 5.61. The number of halogens is 1. The fraction of sp³-hybridized carbons (Fsp3) is 0.412. The van der Waals surface area contributed by atoms with E-state index in [4.69, 9.17) is 4.74 Å². The summed E-state index contributed by atoms with van der Waals surface area (Å²) >= 11 is 0. The molecule has 1 aliphatic carbocycles. The SMILES string of the molecule is CCOc1ccc(S(=O)(=O)NCCn2nc3c(cc2=O)CCC3)cc1F. The molecule has 0 aliphatic heterocycles. The molecule has 9 heteroatoms. The van der Waals surface area contributed by atoms with Crippen molar-refractivity contribution in [3.63, 3.8) is 0 Å². The third-order valence-electron chi connectivity index (χ3n) is 4.15. The van der Waals surface area contributed by atoms with Crippen molar-refractivity contribution in [2.24, 2.45) is 0 Å². The number of sulfonamides is 1. The Balaban J connectivity index is 1.67. The van der Waals surface area contributed by atoms with Crippen molar-refractivity contribution in [1.82, 2.24) is 14.5 Å². The summed E-state index contributed by atoms with van der Waals surface area (Å²) in [5.74, 6) is -0.744. The summed E-state index contributed by atoms with van der Waals surface area (Å²) in [7, 11) is -3.90. The molecule has 3 rings (SSSR count). The average molecular weight is 381 g/mol. The first kappa shape index (κ1) is 18.5. The van der Waals surface area contributed by atoms with Crippen LogP contribution in [0.2, 0.25) is 0 Å². The van der Waals surface area contributed by atoms with Crippen molar-refractivity contribution in [3.05, 3.63) is 51.7 Å². The smallest absolute Gasteiger partial charge is 0.267 e. The van der Waals surface area contributed by atoms with Crippen LogP contribution in [0.1, 0.15) is 24.6 Å². The molecule has 0 amide bonds. The number of rotatable bonds is 7. The van der Waals surface area contributed by atoms with Crippen LogP contribution in [0.4, 0.5) is 4.39 Å². The first-order chi connectivity index (χ1) is 12.4. The summed E-state index contributed by atoms with van der Waals surface area (Å²) in [6.07, 6.45) is 2.66. The van der Waals surface area contributed by atoms with Crippen LogP contribution in [-0.2, 0) is 29.4 Å². The molecule has 1 aromatic heterocycles. The first-order valence-electron chi connectivity index (χ1n) is 8.42. The molecule has 0 saturated heterocycles. The molecule has 2 aromatic rings. The molecule has 7 nitrogen and oxygen atoms in total. The number of nitrogens with one attached hydrogen (secondary N) is 1. The zero-order valence-electron chi connectivity index (χ0n) is 14.4. The minimum Gasteiger partial charge on any atom is -0.491 e. The highest BCUT2D eigenvalue weighted by molar-refractivity contribution is 7.89. The van der Waals surface area contributed by atoms with Crippen molar-refractivity contribution in [3.8, 4) is 5.75 Å². The fourth-order valence-corrected chi connectivity index (χ4v) is 3.92. The van der Waals surface area contributed by atoms with Crippen LogP contribution in [0, 0.1) is 5.82 Å². The number of aryl methyl sites for hydroxylation is 2. The summed E-state index contributed by atoms with van der Waals surface area (Å²) in [6.45, 7) is 2.07. The molecule has 0 atom stereocenters. The number of benzene rings is 1. The molecular weight excluding hydrogens is 361 g/mol. The molecule has 0 spiro atoms. The fourth-order valence-electron chi connectivity index (χ4n) is 2.89. The van der Waals surface area contributed by atoms with E-state index in [0.717, 1.165) is 36.6 Å². The Morgan fingerprint density at radius 3 is 2.85 bits per heavy atom. The number of nitrogens with zero attached hydrogens (tertiary/aromatic N) is 2. The lowest BCUT2D eigenvalue weighted by molar-refractivity contribution is 0.321. The second-order valence-electron chi connectivity index (χ2n) is 5.95. The number of hydrogen-bond acceptors (Lipinski definition) is 5. The molecular formula is C17H20FN3O4S. The Morgan fingerprint density at radius 1 is 1.31 bits per heavy atom. The van der Waals surface area contributed by atoms with Crippen molar-refractivity contribution >= 4 is 10.0 Å². The van der Waals surface area contributed by atoms with Crippen molar-refractivity contribution in [1.29, 1.82) is 0 Å².